The molecule has 1 aromatic carbocycles. The van der Waals surface area contributed by atoms with Crippen molar-refractivity contribution < 1.29 is 4.39 Å². The lowest BCUT2D eigenvalue weighted by atomic mass is 10.3. The third kappa shape index (κ3) is 2.58. The van der Waals surface area contributed by atoms with Crippen molar-refractivity contribution in [1.29, 1.82) is 0 Å². The first-order chi connectivity index (χ1) is 9.97. The Balaban J connectivity index is 2.20. The summed E-state index contributed by atoms with van der Waals surface area (Å²) in [5.41, 5.74) is 2.46. The van der Waals surface area contributed by atoms with Crippen molar-refractivity contribution in [3.63, 3.8) is 0 Å². The summed E-state index contributed by atoms with van der Waals surface area (Å²) in [4.78, 5) is 4.46. The highest BCUT2D eigenvalue weighted by atomic mass is 79.9. The second-order valence-corrected chi connectivity index (χ2v) is 6.38. The fraction of sp³-hybridized carbons (Fsp3) is 0.286. The molecular formula is C14H13BrClFN4. The van der Waals surface area contributed by atoms with E-state index in [1.807, 2.05) is 24.6 Å². The molecule has 1 atom stereocenters. The third-order valence-corrected chi connectivity index (χ3v) is 4.22. The Morgan fingerprint density at radius 1 is 1.43 bits per heavy atom. The van der Waals surface area contributed by atoms with Crippen LogP contribution in [0.15, 0.2) is 28.9 Å². The van der Waals surface area contributed by atoms with Gasteiger partial charge in [0.25, 0.3) is 0 Å². The van der Waals surface area contributed by atoms with E-state index in [1.165, 1.54) is 6.07 Å². The van der Waals surface area contributed by atoms with Gasteiger partial charge in [0.2, 0.25) is 0 Å². The van der Waals surface area contributed by atoms with Gasteiger partial charge in [-0.15, -0.1) is 11.6 Å². The van der Waals surface area contributed by atoms with Gasteiger partial charge in [-0.25, -0.2) is 9.37 Å². The zero-order valence-electron chi connectivity index (χ0n) is 11.5. The van der Waals surface area contributed by atoms with E-state index in [1.54, 1.807) is 16.9 Å². The summed E-state index contributed by atoms with van der Waals surface area (Å²) < 4.78 is 17.9. The van der Waals surface area contributed by atoms with Crippen molar-refractivity contribution in [2.45, 2.75) is 18.8 Å². The zero-order valence-corrected chi connectivity index (χ0v) is 13.9. The van der Waals surface area contributed by atoms with Crippen molar-refractivity contribution in [3.05, 3.63) is 46.2 Å². The van der Waals surface area contributed by atoms with Crippen molar-refractivity contribution in [2.24, 2.45) is 7.05 Å². The van der Waals surface area contributed by atoms with E-state index >= 15 is 0 Å². The van der Waals surface area contributed by atoms with Crippen molar-refractivity contribution in [2.75, 3.05) is 0 Å². The number of fused-ring (bicyclic) bond motifs is 1. The average molecular weight is 372 g/mol. The van der Waals surface area contributed by atoms with Gasteiger partial charge < -0.3 is 4.57 Å². The average Bonchev–Trinajstić information content (AvgIpc) is 2.97. The molecule has 0 spiro atoms. The van der Waals surface area contributed by atoms with E-state index in [2.05, 4.69) is 26.0 Å². The molecule has 4 nitrogen and oxygen atoms in total. The van der Waals surface area contributed by atoms with Crippen LogP contribution in [-0.2, 0) is 13.6 Å². The largest absolute Gasteiger partial charge is 0.321 e. The molecule has 110 valence electrons. The fourth-order valence-electron chi connectivity index (χ4n) is 2.33. The Labute approximate surface area is 134 Å². The maximum Gasteiger partial charge on any atom is 0.139 e. The van der Waals surface area contributed by atoms with Crippen LogP contribution in [0.25, 0.3) is 11.0 Å². The summed E-state index contributed by atoms with van der Waals surface area (Å²) in [6.07, 6.45) is 1.74. The van der Waals surface area contributed by atoms with Crippen LogP contribution in [0.3, 0.4) is 0 Å². The minimum absolute atomic E-state index is 0.271. The minimum Gasteiger partial charge on any atom is -0.321 e. The van der Waals surface area contributed by atoms with Gasteiger partial charge >= 0.3 is 0 Å². The molecule has 0 saturated carbocycles. The molecule has 0 aliphatic rings. The Hall–Kier alpha value is -1.40. The minimum atomic E-state index is -0.332. The molecule has 0 radical (unpaired) electrons. The molecule has 1 unspecified atom stereocenters. The molecule has 0 saturated heterocycles. The van der Waals surface area contributed by atoms with Crippen molar-refractivity contribution >= 4 is 38.6 Å². The molecule has 0 N–H and O–H groups in total. The SMILES string of the molecule is CC(Cl)c1nc2cc(F)c(Br)cc2n1Cc1ccnn1C. The number of nitrogens with zero attached hydrogens (tertiary/aromatic N) is 4. The molecule has 0 amide bonds. The molecule has 0 aliphatic carbocycles. The van der Waals surface area contributed by atoms with Crippen molar-refractivity contribution in [3.8, 4) is 0 Å². The molecule has 21 heavy (non-hydrogen) atoms. The van der Waals surface area contributed by atoms with Gasteiger partial charge in [-0.1, -0.05) is 0 Å². The van der Waals surface area contributed by atoms with E-state index in [0.29, 0.717) is 22.4 Å². The number of halogens is 3. The number of rotatable bonds is 3. The summed E-state index contributed by atoms with van der Waals surface area (Å²) in [6, 6.07) is 5.09. The van der Waals surface area contributed by atoms with E-state index in [-0.39, 0.29) is 11.2 Å². The van der Waals surface area contributed by atoms with Crippen LogP contribution in [0.2, 0.25) is 0 Å². The van der Waals surface area contributed by atoms with E-state index < -0.39 is 0 Å². The summed E-state index contributed by atoms with van der Waals surface area (Å²) in [7, 11) is 1.88. The van der Waals surface area contributed by atoms with Gasteiger partial charge in [0.05, 0.1) is 33.1 Å². The molecule has 3 rings (SSSR count). The monoisotopic (exact) mass is 370 g/mol. The molecule has 7 heteroatoms. The normalized spacial score (nSPS) is 13.0. The summed E-state index contributed by atoms with van der Waals surface area (Å²) >= 11 is 9.45. The fourth-order valence-corrected chi connectivity index (χ4v) is 2.82. The molecule has 0 bridgehead atoms. The Bertz CT molecular complexity index is 809. The first-order valence-electron chi connectivity index (χ1n) is 6.43. The molecule has 2 heterocycles. The van der Waals surface area contributed by atoms with Crippen LogP contribution in [0.4, 0.5) is 4.39 Å². The Kier molecular flexibility index (Phi) is 3.75. The lowest BCUT2D eigenvalue weighted by Crippen LogP contribution is -2.09. The van der Waals surface area contributed by atoms with Gasteiger partial charge in [0.15, 0.2) is 0 Å². The number of benzene rings is 1. The van der Waals surface area contributed by atoms with Crippen LogP contribution < -0.4 is 0 Å². The number of alkyl halides is 1. The molecule has 2 aromatic heterocycles. The Morgan fingerprint density at radius 2 is 2.19 bits per heavy atom. The van der Waals surface area contributed by atoms with Crippen molar-refractivity contribution in [1.82, 2.24) is 19.3 Å². The smallest absolute Gasteiger partial charge is 0.139 e. The predicted molar refractivity (Wildman–Crippen MR) is 84.0 cm³/mol. The zero-order chi connectivity index (χ0) is 15.1. The first-order valence-corrected chi connectivity index (χ1v) is 7.66. The van der Waals surface area contributed by atoms with Crippen LogP contribution in [0.5, 0.6) is 0 Å². The standard InChI is InChI=1S/C14H13BrClFN4/c1-8(16)14-19-12-6-11(17)10(15)5-13(12)21(14)7-9-3-4-18-20(9)2/h3-6,8H,7H2,1-2H3. The number of hydrogen-bond acceptors (Lipinski definition) is 2. The topological polar surface area (TPSA) is 35.6 Å². The van der Waals surface area contributed by atoms with E-state index in [4.69, 9.17) is 11.6 Å². The number of aromatic nitrogens is 4. The van der Waals surface area contributed by atoms with Crippen LogP contribution in [0.1, 0.15) is 23.8 Å². The quantitative estimate of drug-likeness (QED) is 0.652. The maximum absolute atomic E-state index is 13.7. The number of aryl methyl sites for hydroxylation is 1. The highest BCUT2D eigenvalue weighted by Crippen LogP contribution is 2.29. The van der Waals surface area contributed by atoms with E-state index in [0.717, 1.165) is 11.2 Å². The second kappa shape index (κ2) is 5.42. The summed E-state index contributed by atoms with van der Waals surface area (Å²) in [6.45, 7) is 2.44. The van der Waals surface area contributed by atoms with Gasteiger partial charge in [-0.05, 0) is 35.0 Å². The summed E-state index contributed by atoms with van der Waals surface area (Å²) in [5.74, 6) is 0.381. The molecular weight excluding hydrogens is 359 g/mol. The lowest BCUT2D eigenvalue weighted by Gasteiger charge is -2.11. The van der Waals surface area contributed by atoms with Gasteiger partial charge in [-0.2, -0.15) is 5.10 Å². The second-order valence-electron chi connectivity index (χ2n) is 4.87. The predicted octanol–water partition coefficient (Wildman–Crippen LogP) is 4.02. The number of imidazole rings is 1. The third-order valence-electron chi connectivity index (χ3n) is 3.42. The lowest BCUT2D eigenvalue weighted by molar-refractivity contribution is 0.622. The van der Waals surface area contributed by atoms with Gasteiger partial charge in [0.1, 0.15) is 11.6 Å². The summed E-state index contributed by atoms with van der Waals surface area (Å²) in [5, 5.41) is 3.89. The van der Waals surface area contributed by atoms with Crippen LogP contribution in [-0.4, -0.2) is 19.3 Å². The molecule has 3 aromatic rings. The Morgan fingerprint density at radius 3 is 2.81 bits per heavy atom. The first kappa shape index (κ1) is 14.5. The van der Waals surface area contributed by atoms with Gasteiger partial charge in [0, 0.05) is 19.3 Å². The van der Waals surface area contributed by atoms with Gasteiger partial charge in [-0.3, -0.25) is 4.68 Å². The van der Waals surface area contributed by atoms with E-state index in [9.17, 15) is 4.39 Å². The highest BCUT2D eigenvalue weighted by molar-refractivity contribution is 9.10. The molecule has 0 fully saturated rings. The molecule has 0 aliphatic heterocycles. The van der Waals surface area contributed by atoms with Crippen LogP contribution in [0, 0.1) is 5.82 Å². The maximum atomic E-state index is 13.7. The highest BCUT2D eigenvalue weighted by Gasteiger charge is 2.17. The number of hydrogen-bond donors (Lipinski definition) is 0. The van der Waals surface area contributed by atoms with Crippen LogP contribution >= 0.6 is 27.5 Å².